The lowest BCUT2D eigenvalue weighted by atomic mass is 10.2. The Morgan fingerprint density at radius 3 is 2.67 bits per heavy atom. The zero-order valence-corrected chi connectivity index (χ0v) is 13.4. The van der Waals surface area contributed by atoms with Gasteiger partial charge in [-0.25, -0.2) is 0 Å². The predicted molar refractivity (Wildman–Crippen MR) is 88.7 cm³/mol. The quantitative estimate of drug-likeness (QED) is 0.772. The lowest BCUT2D eigenvalue weighted by Crippen LogP contribution is -2.07. The van der Waals surface area contributed by atoms with Crippen LogP contribution in [0.3, 0.4) is 0 Å². The molecule has 0 aliphatic rings. The highest BCUT2D eigenvalue weighted by molar-refractivity contribution is 6.30. The molecule has 0 spiro atoms. The molecule has 1 amide bonds. The van der Waals surface area contributed by atoms with Crippen LogP contribution in [0.2, 0.25) is 5.02 Å². The highest BCUT2D eigenvalue weighted by atomic mass is 35.5. The normalized spacial score (nSPS) is 10.9. The lowest BCUT2D eigenvalue weighted by Gasteiger charge is -2.10. The van der Waals surface area contributed by atoms with Crippen molar-refractivity contribution in [2.45, 2.75) is 6.61 Å². The van der Waals surface area contributed by atoms with Gasteiger partial charge in [0.1, 0.15) is 0 Å². The number of alkyl halides is 2. The van der Waals surface area contributed by atoms with Crippen LogP contribution in [0.25, 0.3) is 6.08 Å². The molecule has 0 bridgehead atoms. The summed E-state index contributed by atoms with van der Waals surface area (Å²) >= 11 is 5.84. The molecule has 0 saturated heterocycles. The molecular formula is C17H14ClF2NO3. The van der Waals surface area contributed by atoms with E-state index < -0.39 is 6.61 Å². The summed E-state index contributed by atoms with van der Waals surface area (Å²) < 4.78 is 33.9. The molecule has 126 valence electrons. The summed E-state index contributed by atoms with van der Waals surface area (Å²) in [6.45, 7) is -2.94. The fourth-order valence-electron chi connectivity index (χ4n) is 1.90. The molecule has 1 N–H and O–H groups in total. The van der Waals surface area contributed by atoms with Crippen LogP contribution in [-0.4, -0.2) is 19.6 Å². The van der Waals surface area contributed by atoms with Gasteiger partial charge in [0.2, 0.25) is 5.91 Å². The minimum Gasteiger partial charge on any atom is -0.493 e. The zero-order chi connectivity index (χ0) is 17.5. The maximum atomic E-state index is 12.3. The monoisotopic (exact) mass is 353 g/mol. The molecule has 0 radical (unpaired) electrons. The Morgan fingerprint density at radius 1 is 1.21 bits per heavy atom. The van der Waals surface area contributed by atoms with Gasteiger partial charge >= 0.3 is 6.61 Å². The van der Waals surface area contributed by atoms with Gasteiger partial charge in [-0.1, -0.05) is 23.7 Å². The van der Waals surface area contributed by atoms with Crippen LogP contribution < -0.4 is 14.8 Å². The van der Waals surface area contributed by atoms with Crippen LogP contribution in [0, 0.1) is 0 Å². The second kappa shape index (κ2) is 8.31. The molecule has 2 aromatic rings. The van der Waals surface area contributed by atoms with E-state index in [0.29, 0.717) is 16.3 Å². The van der Waals surface area contributed by atoms with Gasteiger partial charge < -0.3 is 14.8 Å². The van der Waals surface area contributed by atoms with Gasteiger partial charge in [0.25, 0.3) is 0 Å². The molecule has 0 aromatic heterocycles. The molecule has 0 fully saturated rings. The Balaban J connectivity index is 2.06. The minimum atomic E-state index is -2.94. The number of hydrogen-bond donors (Lipinski definition) is 1. The highest BCUT2D eigenvalue weighted by Gasteiger charge is 2.10. The number of carbonyl (C=O) groups excluding carboxylic acids is 1. The van der Waals surface area contributed by atoms with Crippen LogP contribution in [0.4, 0.5) is 14.5 Å². The third-order valence-electron chi connectivity index (χ3n) is 2.92. The van der Waals surface area contributed by atoms with Crippen molar-refractivity contribution in [3.8, 4) is 11.5 Å². The molecule has 7 heteroatoms. The van der Waals surface area contributed by atoms with E-state index in [9.17, 15) is 13.6 Å². The number of methoxy groups -OCH3 is 1. The Morgan fingerprint density at radius 2 is 2.00 bits per heavy atom. The smallest absolute Gasteiger partial charge is 0.387 e. The highest BCUT2D eigenvalue weighted by Crippen LogP contribution is 2.29. The second-order valence-corrected chi connectivity index (χ2v) is 5.06. The minimum absolute atomic E-state index is 0.0759. The van der Waals surface area contributed by atoms with E-state index >= 15 is 0 Å². The molecule has 2 aromatic carbocycles. The van der Waals surface area contributed by atoms with Crippen molar-refractivity contribution < 1.29 is 23.0 Å². The maximum Gasteiger partial charge on any atom is 0.387 e. The number of nitrogens with one attached hydrogen (secondary N) is 1. The van der Waals surface area contributed by atoms with Gasteiger partial charge in [-0.2, -0.15) is 8.78 Å². The van der Waals surface area contributed by atoms with Crippen molar-refractivity contribution in [1.82, 2.24) is 0 Å². The average Bonchev–Trinajstić information content (AvgIpc) is 2.53. The second-order valence-electron chi connectivity index (χ2n) is 4.62. The van der Waals surface area contributed by atoms with Gasteiger partial charge in [0.05, 0.1) is 7.11 Å². The standard InChI is InChI=1S/C17H14ClF2NO3/c1-23-15-9-11(5-7-14(15)24-17(19)20)6-8-16(22)21-13-4-2-3-12(18)10-13/h2-10,17H,1H3,(H,21,22)/b8-6+. The van der Waals surface area contributed by atoms with Gasteiger partial charge in [-0.05, 0) is 42.0 Å². The van der Waals surface area contributed by atoms with Crippen molar-refractivity contribution in [2.75, 3.05) is 12.4 Å². The van der Waals surface area contributed by atoms with Crippen molar-refractivity contribution in [1.29, 1.82) is 0 Å². The molecular weight excluding hydrogens is 340 g/mol. The van der Waals surface area contributed by atoms with Crippen LogP contribution in [0.15, 0.2) is 48.5 Å². The summed E-state index contributed by atoms with van der Waals surface area (Å²) in [5.41, 5.74) is 1.16. The first-order chi connectivity index (χ1) is 11.5. The summed E-state index contributed by atoms with van der Waals surface area (Å²) in [5.74, 6) is -0.287. The zero-order valence-electron chi connectivity index (χ0n) is 12.6. The molecule has 4 nitrogen and oxygen atoms in total. The Kier molecular flexibility index (Phi) is 6.14. The third-order valence-corrected chi connectivity index (χ3v) is 3.16. The fraction of sp³-hybridized carbons (Fsp3) is 0.118. The summed E-state index contributed by atoms with van der Waals surface area (Å²) in [5, 5.41) is 3.16. The van der Waals surface area contributed by atoms with Crippen LogP contribution >= 0.6 is 11.6 Å². The molecule has 2 rings (SSSR count). The summed E-state index contributed by atoms with van der Waals surface area (Å²) in [7, 11) is 1.34. The topological polar surface area (TPSA) is 47.6 Å². The number of ether oxygens (including phenoxy) is 2. The van der Waals surface area contributed by atoms with E-state index in [1.807, 2.05) is 0 Å². The molecule has 24 heavy (non-hydrogen) atoms. The molecule has 0 unspecified atom stereocenters. The lowest BCUT2D eigenvalue weighted by molar-refractivity contribution is -0.111. The van der Waals surface area contributed by atoms with Crippen LogP contribution in [0.5, 0.6) is 11.5 Å². The number of hydrogen-bond acceptors (Lipinski definition) is 3. The van der Waals surface area contributed by atoms with Gasteiger partial charge in [-0.15, -0.1) is 0 Å². The number of amides is 1. The van der Waals surface area contributed by atoms with Crippen molar-refractivity contribution in [2.24, 2.45) is 0 Å². The first-order valence-corrected chi connectivity index (χ1v) is 7.23. The van der Waals surface area contributed by atoms with Crippen LogP contribution in [-0.2, 0) is 4.79 Å². The van der Waals surface area contributed by atoms with Crippen LogP contribution in [0.1, 0.15) is 5.56 Å². The number of benzene rings is 2. The Bertz CT molecular complexity index is 750. The average molecular weight is 354 g/mol. The van der Waals surface area contributed by atoms with Gasteiger partial charge in [-0.3, -0.25) is 4.79 Å². The van der Waals surface area contributed by atoms with Crippen molar-refractivity contribution in [3.63, 3.8) is 0 Å². The summed E-state index contributed by atoms with van der Waals surface area (Å²) in [6, 6.07) is 11.1. The first kappa shape index (κ1) is 17.7. The number of rotatable bonds is 6. The van der Waals surface area contributed by atoms with E-state index in [1.54, 1.807) is 24.3 Å². The van der Waals surface area contributed by atoms with E-state index in [-0.39, 0.29) is 17.4 Å². The molecule has 0 aliphatic heterocycles. The van der Waals surface area contributed by atoms with Crippen molar-refractivity contribution >= 4 is 29.3 Å². The summed E-state index contributed by atoms with van der Waals surface area (Å²) in [4.78, 5) is 11.9. The van der Waals surface area contributed by atoms with Crippen molar-refractivity contribution in [3.05, 3.63) is 59.1 Å². The SMILES string of the molecule is COc1cc(/C=C/C(=O)Nc2cccc(Cl)c2)ccc1OC(F)F. The van der Waals surface area contributed by atoms with E-state index in [2.05, 4.69) is 10.1 Å². The van der Waals surface area contributed by atoms with E-state index in [0.717, 1.165) is 0 Å². The number of carbonyl (C=O) groups is 1. The Labute approximate surface area is 142 Å². The molecule has 0 saturated carbocycles. The van der Waals surface area contributed by atoms with E-state index in [4.69, 9.17) is 16.3 Å². The maximum absolute atomic E-state index is 12.3. The number of halogens is 3. The van der Waals surface area contributed by atoms with Gasteiger partial charge in [0, 0.05) is 16.8 Å². The third kappa shape index (κ3) is 5.24. The van der Waals surface area contributed by atoms with E-state index in [1.165, 1.54) is 37.5 Å². The molecule has 0 atom stereocenters. The Hall–Kier alpha value is -2.60. The predicted octanol–water partition coefficient (Wildman–Crippen LogP) is 4.60. The number of anilines is 1. The molecule has 0 aliphatic carbocycles. The fourth-order valence-corrected chi connectivity index (χ4v) is 2.09. The summed E-state index contributed by atoms with van der Waals surface area (Å²) in [6.07, 6.45) is 2.83. The largest absolute Gasteiger partial charge is 0.493 e. The molecule has 0 heterocycles. The van der Waals surface area contributed by atoms with Gasteiger partial charge in [0.15, 0.2) is 11.5 Å². The first-order valence-electron chi connectivity index (χ1n) is 6.85.